The Kier molecular flexibility index (Phi) is 3.50. The molecule has 0 unspecified atom stereocenters. The van der Waals surface area contributed by atoms with Gasteiger partial charge in [-0.05, 0) is 6.07 Å². The number of pyridine rings is 1. The van der Waals surface area contributed by atoms with E-state index in [0.29, 0.717) is 11.2 Å². The monoisotopic (exact) mass is 184 g/mol. The summed E-state index contributed by atoms with van der Waals surface area (Å²) in [6.07, 6.45) is 1.70. The first-order valence-corrected chi connectivity index (χ1v) is 4.40. The molecule has 2 nitrogen and oxygen atoms in total. The van der Waals surface area contributed by atoms with Crippen LogP contribution in [0.5, 0.6) is 0 Å². The average Bonchev–Trinajstić information content (AvgIpc) is 2.03. The van der Waals surface area contributed by atoms with Crippen molar-refractivity contribution in [1.82, 2.24) is 10.3 Å². The summed E-state index contributed by atoms with van der Waals surface area (Å²) in [7, 11) is 0. The van der Waals surface area contributed by atoms with Gasteiger partial charge in [0.25, 0.3) is 0 Å². The molecule has 1 N–H and O–H groups in total. The third-order valence-corrected chi connectivity index (χ3v) is 1.88. The first-order chi connectivity index (χ1) is 5.70. The number of nitrogens with one attached hydrogen (secondary N) is 1. The van der Waals surface area contributed by atoms with E-state index >= 15 is 0 Å². The van der Waals surface area contributed by atoms with Crippen LogP contribution in [0.3, 0.4) is 0 Å². The fourth-order valence-electron chi connectivity index (χ4n) is 0.865. The molecule has 0 spiro atoms. The maximum absolute atomic E-state index is 5.86. The van der Waals surface area contributed by atoms with E-state index in [4.69, 9.17) is 11.6 Å². The largest absolute Gasteiger partial charge is 0.310 e. The van der Waals surface area contributed by atoms with Gasteiger partial charge in [0, 0.05) is 24.3 Å². The molecule has 0 saturated carbocycles. The molecule has 0 aliphatic rings. The van der Waals surface area contributed by atoms with E-state index in [9.17, 15) is 0 Å². The van der Waals surface area contributed by atoms with Gasteiger partial charge in [0.1, 0.15) is 5.15 Å². The number of nitrogens with zero attached hydrogens (tertiary/aromatic N) is 1. The standard InChI is InChI=1S/C9H13ClN2/c1-7(2)12-6-8-4-3-5-11-9(8)10/h3-5,7,12H,6H2,1-2H3. The van der Waals surface area contributed by atoms with Gasteiger partial charge in [-0.25, -0.2) is 4.98 Å². The van der Waals surface area contributed by atoms with Crippen molar-refractivity contribution in [3.8, 4) is 0 Å². The predicted octanol–water partition coefficient (Wildman–Crippen LogP) is 2.23. The summed E-state index contributed by atoms with van der Waals surface area (Å²) in [4.78, 5) is 3.98. The molecular weight excluding hydrogens is 172 g/mol. The molecule has 0 bridgehead atoms. The van der Waals surface area contributed by atoms with Crippen molar-refractivity contribution in [3.05, 3.63) is 29.0 Å². The molecule has 0 atom stereocenters. The first kappa shape index (κ1) is 9.49. The maximum atomic E-state index is 5.86. The molecule has 1 rings (SSSR count). The van der Waals surface area contributed by atoms with Crippen LogP contribution in [0.15, 0.2) is 18.3 Å². The van der Waals surface area contributed by atoms with Crippen LogP contribution >= 0.6 is 11.6 Å². The zero-order chi connectivity index (χ0) is 8.97. The second-order valence-electron chi connectivity index (χ2n) is 2.99. The van der Waals surface area contributed by atoms with E-state index in [1.165, 1.54) is 0 Å². The number of halogens is 1. The normalized spacial score (nSPS) is 10.7. The van der Waals surface area contributed by atoms with E-state index in [1.54, 1.807) is 6.20 Å². The fourth-order valence-corrected chi connectivity index (χ4v) is 1.05. The van der Waals surface area contributed by atoms with Crippen molar-refractivity contribution < 1.29 is 0 Å². The van der Waals surface area contributed by atoms with Crippen molar-refractivity contribution in [2.45, 2.75) is 26.4 Å². The molecule has 1 heterocycles. The number of hydrogen-bond acceptors (Lipinski definition) is 2. The zero-order valence-electron chi connectivity index (χ0n) is 7.34. The van der Waals surface area contributed by atoms with Crippen molar-refractivity contribution >= 4 is 11.6 Å². The highest BCUT2D eigenvalue weighted by atomic mass is 35.5. The Morgan fingerprint density at radius 2 is 2.33 bits per heavy atom. The number of rotatable bonds is 3. The van der Waals surface area contributed by atoms with Crippen LogP contribution in [0.25, 0.3) is 0 Å². The lowest BCUT2D eigenvalue weighted by molar-refractivity contribution is 0.588. The van der Waals surface area contributed by atoms with Crippen LogP contribution in [0.4, 0.5) is 0 Å². The van der Waals surface area contributed by atoms with Gasteiger partial charge < -0.3 is 5.32 Å². The highest BCUT2D eigenvalue weighted by molar-refractivity contribution is 6.30. The average molecular weight is 185 g/mol. The van der Waals surface area contributed by atoms with E-state index in [0.717, 1.165) is 12.1 Å². The highest BCUT2D eigenvalue weighted by Crippen LogP contribution is 2.10. The molecular formula is C9H13ClN2. The summed E-state index contributed by atoms with van der Waals surface area (Å²) in [5, 5.41) is 3.87. The second-order valence-corrected chi connectivity index (χ2v) is 3.35. The topological polar surface area (TPSA) is 24.9 Å². The van der Waals surface area contributed by atoms with Crippen LogP contribution in [-0.2, 0) is 6.54 Å². The van der Waals surface area contributed by atoms with Crippen molar-refractivity contribution in [3.63, 3.8) is 0 Å². The molecule has 0 fully saturated rings. The Hall–Kier alpha value is -0.600. The Morgan fingerprint density at radius 3 is 2.92 bits per heavy atom. The van der Waals surface area contributed by atoms with Crippen molar-refractivity contribution in [2.75, 3.05) is 0 Å². The van der Waals surface area contributed by atoms with Gasteiger partial charge in [0.2, 0.25) is 0 Å². The van der Waals surface area contributed by atoms with E-state index in [2.05, 4.69) is 24.1 Å². The third kappa shape index (κ3) is 2.80. The summed E-state index contributed by atoms with van der Waals surface area (Å²) >= 11 is 5.86. The molecule has 12 heavy (non-hydrogen) atoms. The Bertz CT molecular complexity index is 248. The molecule has 0 aliphatic carbocycles. The summed E-state index contributed by atoms with van der Waals surface area (Å²) in [6.45, 7) is 4.99. The Labute approximate surface area is 78.0 Å². The van der Waals surface area contributed by atoms with Crippen molar-refractivity contribution in [2.24, 2.45) is 0 Å². The smallest absolute Gasteiger partial charge is 0.133 e. The Balaban J connectivity index is 2.57. The summed E-state index contributed by atoms with van der Waals surface area (Å²) in [6, 6.07) is 4.34. The molecule has 0 aliphatic heterocycles. The van der Waals surface area contributed by atoms with Gasteiger partial charge in [-0.3, -0.25) is 0 Å². The lowest BCUT2D eigenvalue weighted by atomic mass is 10.2. The minimum absolute atomic E-state index is 0.473. The molecule has 1 aromatic rings. The lowest BCUT2D eigenvalue weighted by Gasteiger charge is -2.08. The van der Waals surface area contributed by atoms with E-state index in [-0.39, 0.29) is 0 Å². The SMILES string of the molecule is CC(C)NCc1cccnc1Cl. The molecule has 0 amide bonds. The van der Waals surface area contributed by atoms with Crippen LogP contribution in [0.1, 0.15) is 19.4 Å². The second kappa shape index (κ2) is 4.43. The fraction of sp³-hybridized carbons (Fsp3) is 0.444. The summed E-state index contributed by atoms with van der Waals surface area (Å²) in [5.74, 6) is 0. The van der Waals surface area contributed by atoms with E-state index in [1.807, 2.05) is 12.1 Å². The zero-order valence-corrected chi connectivity index (χ0v) is 8.10. The molecule has 0 saturated heterocycles. The van der Waals surface area contributed by atoms with Crippen LogP contribution in [0.2, 0.25) is 5.15 Å². The molecule has 0 radical (unpaired) electrons. The first-order valence-electron chi connectivity index (χ1n) is 4.03. The van der Waals surface area contributed by atoms with Gasteiger partial charge >= 0.3 is 0 Å². The van der Waals surface area contributed by atoms with Crippen LogP contribution < -0.4 is 5.32 Å². The minimum Gasteiger partial charge on any atom is -0.310 e. The Morgan fingerprint density at radius 1 is 1.58 bits per heavy atom. The van der Waals surface area contributed by atoms with Crippen LogP contribution in [-0.4, -0.2) is 11.0 Å². The van der Waals surface area contributed by atoms with Gasteiger partial charge in [0.15, 0.2) is 0 Å². The molecule has 1 aromatic heterocycles. The van der Waals surface area contributed by atoms with Crippen molar-refractivity contribution in [1.29, 1.82) is 0 Å². The molecule has 3 heteroatoms. The van der Waals surface area contributed by atoms with Gasteiger partial charge in [-0.15, -0.1) is 0 Å². The van der Waals surface area contributed by atoms with Gasteiger partial charge in [-0.2, -0.15) is 0 Å². The summed E-state index contributed by atoms with van der Waals surface area (Å²) < 4.78 is 0. The lowest BCUT2D eigenvalue weighted by Crippen LogP contribution is -2.22. The highest BCUT2D eigenvalue weighted by Gasteiger charge is 1.99. The predicted molar refractivity (Wildman–Crippen MR) is 51.2 cm³/mol. The molecule has 0 aromatic carbocycles. The summed E-state index contributed by atoms with van der Waals surface area (Å²) in [5.41, 5.74) is 1.05. The van der Waals surface area contributed by atoms with Gasteiger partial charge in [-0.1, -0.05) is 31.5 Å². The van der Waals surface area contributed by atoms with Gasteiger partial charge in [0.05, 0.1) is 0 Å². The third-order valence-electron chi connectivity index (χ3n) is 1.54. The number of aromatic nitrogens is 1. The number of hydrogen-bond donors (Lipinski definition) is 1. The van der Waals surface area contributed by atoms with E-state index < -0.39 is 0 Å². The van der Waals surface area contributed by atoms with Crippen LogP contribution in [0, 0.1) is 0 Å². The molecule has 66 valence electrons. The maximum Gasteiger partial charge on any atom is 0.133 e. The minimum atomic E-state index is 0.473. The quantitative estimate of drug-likeness (QED) is 0.729.